The number of hydrogen-bond acceptors (Lipinski definition) is 2. The van der Waals surface area contributed by atoms with Crippen molar-refractivity contribution in [2.24, 2.45) is 11.8 Å². The summed E-state index contributed by atoms with van der Waals surface area (Å²) in [6, 6.07) is 8.18. The van der Waals surface area contributed by atoms with E-state index in [0.717, 1.165) is 22.7 Å². The third-order valence-electron chi connectivity index (χ3n) is 5.18. The van der Waals surface area contributed by atoms with E-state index in [1.54, 1.807) is 6.20 Å². The molecule has 2 aliphatic carbocycles. The van der Waals surface area contributed by atoms with Gasteiger partial charge in [-0.3, -0.25) is 15.6 Å². The number of hydrogen-bond donors (Lipinski definition) is 4. The Kier molecular flexibility index (Phi) is 3.69. The van der Waals surface area contributed by atoms with Crippen molar-refractivity contribution < 1.29 is 4.79 Å². The van der Waals surface area contributed by atoms with Crippen LogP contribution in [-0.4, -0.2) is 22.0 Å². The number of hydrazine groups is 1. The third-order valence-corrected chi connectivity index (χ3v) is 5.40. The Morgan fingerprint density at radius 3 is 2.83 bits per heavy atom. The predicted molar refractivity (Wildman–Crippen MR) is 93.9 cm³/mol. The van der Waals surface area contributed by atoms with Gasteiger partial charge in [0, 0.05) is 23.1 Å². The van der Waals surface area contributed by atoms with Crippen molar-refractivity contribution >= 4 is 34.1 Å². The minimum absolute atomic E-state index is 0.195. The van der Waals surface area contributed by atoms with Crippen LogP contribution < -0.4 is 16.2 Å². The number of rotatable bonds is 2. The highest BCUT2D eigenvalue weighted by molar-refractivity contribution is 7.80. The van der Waals surface area contributed by atoms with E-state index >= 15 is 0 Å². The summed E-state index contributed by atoms with van der Waals surface area (Å²) in [4.78, 5) is 15.4. The number of para-hydroxylation sites is 1. The van der Waals surface area contributed by atoms with Gasteiger partial charge >= 0.3 is 0 Å². The maximum atomic E-state index is 12.3. The third kappa shape index (κ3) is 2.79. The molecule has 23 heavy (non-hydrogen) atoms. The smallest absolute Gasteiger partial charge is 0.271 e. The number of aromatic nitrogens is 1. The Balaban J connectivity index is 1.33. The summed E-state index contributed by atoms with van der Waals surface area (Å²) in [6.45, 7) is 0. The quantitative estimate of drug-likeness (QED) is 0.505. The Morgan fingerprint density at radius 1 is 1.17 bits per heavy atom. The number of benzene rings is 1. The first-order valence-corrected chi connectivity index (χ1v) is 8.54. The Morgan fingerprint density at radius 2 is 2.04 bits per heavy atom. The molecule has 0 unspecified atom stereocenters. The van der Waals surface area contributed by atoms with E-state index in [1.807, 2.05) is 24.3 Å². The van der Waals surface area contributed by atoms with Crippen LogP contribution in [0.15, 0.2) is 30.5 Å². The van der Waals surface area contributed by atoms with Gasteiger partial charge in [0.2, 0.25) is 0 Å². The standard InChI is InChI=1S/C17H20N4OS/c22-16(13-9-18-14-4-2-1-3-12(13)14)20-21-17(23)19-15-8-10-5-6-11(15)7-10/h1-4,9-11,15,18H,5-8H2,(H,20,22)(H2,19,21,23)/t10-,11-,15+/m1/s1. The number of carbonyl (C=O) groups excluding carboxylic acids is 1. The van der Waals surface area contributed by atoms with E-state index in [-0.39, 0.29) is 5.91 Å². The van der Waals surface area contributed by atoms with Crippen LogP contribution in [0.1, 0.15) is 36.0 Å². The molecule has 0 saturated heterocycles. The second kappa shape index (κ2) is 5.85. The normalized spacial score (nSPS) is 25.5. The lowest BCUT2D eigenvalue weighted by Gasteiger charge is -2.24. The lowest BCUT2D eigenvalue weighted by Crippen LogP contribution is -2.50. The minimum atomic E-state index is -0.195. The van der Waals surface area contributed by atoms with Crippen molar-refractivity contribution in [2.45, 2.75) is 31.7 Å². The molecule has 1 aromatic carbocycles. The number of fused-ring (bicyclic) bond motifs is 3. The fraction of sp³-hybridized carbons (Fsp3) is 0.412. The Labute approximate surface area is 140 Å². The van der Waals surface area contributed by atoms with E-state index < -0.39 is 0 Å². The average Bonchev–Trinajstić information content (AvgIpc) is 3.27. The van der Waals surface area contributed by atoms with Crippen molar-refractivity contribution in [3.05, 3.63) is 36.0 Å². The second-order valence-corrected chi connectivity index (χ2v) is 6.99. The molecule has 0 spiro atoms. The first-order valence-electron chi connectivity index (χ1n) is 8.13. The maximum absolute atomic E-state index is 12.3. The van der Waals surface area contributed by atoms with E-state index in [4.69, 9.17) is 12.2 Å². The molecule has 0 aliphatic heterocycles. The van der Waals surface area contributed by atoms with Crippen LogP contribution in [0.4, 0.5) is 0 Å². The second-order valence-electron chi connectivity index (χ2n) is 6.58. The largest absolute Gasteiger partial charge is 0.360 e. The number of thiocarbonyl (C=S) groups is 1. The fourth-order valence-corrected chi connectivity index (χ4v) is 4.27. The van der Waals surface area contributed by atoms with Crippen molar-refractivity contribution in [3.63, 3.8) is 0 Å². The van der Waals surface area contributed by atoms with Crippen molar-refractivity contribution in [3.8, 4) is 0 Å². The monoisotopic (exact) mass is 328 g/mol. The number of aromatic amines is 1. The summed E-state index contributed by atoms with van der Waals surface area (Å²) >= 11 is 5.31. The SMILES string of the molecule is O=C(NNC(=S)N[C@H]1C[C@@H]2CC[C@@H]1C2)c1c[nH]c2ccccc12. The molecule has 0 radical (unpaired) electrons. The highest BCUT2D eigenvalue weighted by Crippen LogP contribution is 2.44. The number of amides is 1. The van der Waals surface area contributed by atoms with Crippen molar-refractivity contribution in [1.82, 2.24) is 21.2 Å². The lowest BCUT2D eigenvalue weighted by atomic mass is 9.96. The first-order chi connectivity index (χ1) is 11.2. The first kappa shape index (κ1) is 14.5. The van der Waals surface area contributed by atoms with E-state index in [2.05, 4.69) is 21.2 Å². The minimum Gasteiger partial charge on any atom is -0.360 e. The highest BCUT2D eigenvalue weighted by atomic mass is 32.1. The van der Waals surface area contributed by atoms with E-state index in [1.165, 1.54) is 25.7 Å². The van der Waals surface area contributed by atoms with Crippen molar-refractivity contribution in [2.75, 3.05) is 0 Å². The van der Waals surface area contributed by atoms with Crippen LogP contribution in [0.3, 0.4) is 0 Å². The lowest BCUT2D eigenvalue weighted by molar-refractivity contribution is 0.0945. The maximum Gasteiger partial charge on any atom is 0.271 e. The van der Waals surface area contributed by atoms with E-state index in [0.29, 0.717) is 16.7 Å². The summed E-state index contributed by atoms with van der Waals surface area (Å²) < 4.78 is 0. The molecule has 6 heteroatoms. The Bertz CT molecular complexity index is 756. The van der Waals surface area contributed by atoms with Gasteiger partial charge in [0.1, 0.15) is 0 Å². The van der Waals surface area contributed by atoms with Gasteiger partial charge in [-0.05, 0) is 49.4 Å². The topological polar surface area (TPSA) is 69.0 Å². The van der Waals surface area contributed by atoms with Gasteiger partial charge in [0.15, 0.2) is 5.11 Å². The average molecular weight is 328 g/mol. The van der Waals surface area contributed by atoms with Gasteiger partial charge in [0.05, 0.1) is 5.56 Å². The van der Waals surface area contributed by atoms with Gasteiger partial charge in [-0.25, -0.2) is 0 Å². The molecule has 2 aliphatic rings. The fourth-order valence-electron chi connectivity index (χ4n) is 4.07. The molecule has 3 atom stereocenters. The summed E-state index contributed by atoms with van der Waals surface area (Å²) in [5, 5.41) is 4.74. The van der Waals surface area contributed by atoms with Crippen LogP contribution in [-0.2, 0) is 0 Å². The highest BCUT2D eigenvalue weighted by Gasteiger charge is 2.39. The van der Waals surface area contributed by atoms with Gasteiger partial charge in [0.25, 0.3) is 5.91 Å². The molecular weight excluding hydrogens is 308 g/mol. The van der Waals surface area contributed by atoms with Crippen LogP contribution in [0.25, 0.3) is 10.9 Å². The van der Waals surface area contributed by atoms with Gasteiger partial charge in [-0.2, -0.15) is 0 Å². The molecule has 120 valence electrons. The molecule has 2 saturated carbocycles. The van der Waals surface area contributed by atoms with Crippen molar-refractivity contribution in [1.29, 1.82) is 0 Å². The van der Waals surface area contributed by atoms with Crippen LogP contribution in [0.2, 0.25) is 0 Å². The molecule has 1 aromatic heterocycles. The Hall–Kier alpha value is -2.08. The molecule has 2 fully saturated rings. The molecular formula is C17H20N4OS. The zero-order valence-electron chi connectivity index (χ0n) is 12.8. The summed E-state index contributed by atoms with van der Waals surface area (Å²) in [6.07, 6.45) is 6.89. The molecule has 4 N–H and O–H groups in total. The molecule has 4 rings (SSSR count). The van der Waals surface area contributed by atoms with E-state index in [9.17, 15) is 4.79 Å². The summed E-state index contributed by atoms with van der Waals surface area (Å²) in [5.74, 6) is 1.41. The van der Waals surface area contributed by atoms with Gasteiger partial charge < -0.3 is 10.3 Å². The molecule has 1 amide bonds. The summed E-state index contributed by atoms with van der Waals surface area (Å²) in [7, 11) is 0. The number of nitrogens with one attached hydrogen (secondary N) is 4. The number of H-pyrrole nitrogens is 1. The predicted octanol–water partition coefficient (Wildman–Crippen LogP) is 2.47. The molecule has 1 heterocycles. The van der Waals surface area contributed by atoms with Crippen LogP contribution in [0.5, 0.6) is 0 Å². The van der Waals surface area contributed by atoms with Gasteiger partial charge in [-0.1, -0.05) is 24.6 Å². The van der Waals surface area contributed by atoms with Crippen LogP contribution in [0, 0.1) is 11.8 Å². The zero-order chi connectivity index (χ0) is 15.8. The summed E-state index contributed by atoms with van der Waals surface area (Å²) in [5.41, 5.74) is 7.06. The molecule has 2 bridgehead atoms. The molecule has 5 nitrogen and oxygen atoms in total. The molecule has 2 aromatic rings. The van der Waals surface area contributed by atoms with Gasteiger partial charge in [-0.15, -0.1) is 0 Å². The zero-order valence-corrected chi connectivity index (χ0v) is 13.6. The van der Waals surface area contributed by atoms with Crippen LogP contribution >= 0.6 is 12.2 Å². The number of carbonyl (C=O) groups is 1.